The lowest BCUT2D eigenvalue weighted by atomic mass is 10.2. The average Bonchev–Trinajstić information content (AvgIpc) is 1.58. The average molecular weight is 154 g/mol. The van der Waals surface area contributed by atoms with Crippen molar-refractivity contribution < 1.29 is 22.8 Å². The molecular formula is C5H5F3O2. The molecule has 2 nitrogen and oxygen atoms in total. The van der Waals surface area contributed by atoms with Gasteiger partial charge >= 0.3 is 6.04 Å². The molecule has 0 unspecified atom stereocenters. The van der Waals surface area contributed by atoms with Gasteiger partial charge in [0.1, 0.15) is 5.78 Å². The van der Waals surface area contributed by atoms with Gasteiger partial charge in [-0.3, -0.25) is 9.59 Å². The lowest BCUT2D eigenvalue weighted by molar-refractivity contribution is -0.134. The van der Waals surface area contributed by atoms with Crippen molar-refractivity contribution in [1.82, 2.24) is 0 Å². The van der Waals surface area contributed by atoms with Gasteiger partial charge in [0.25, 0.3) is 0 Å². The molecule has 0 aromatic heterocycles. The smallest absolute Gasteiger partial charge is 0.299 e. The molecule has 0 heterocycles. The summed E-state index contributed by atoms with van der Waals surface area (Å²) in [6.45, 7) is 0. The SMILES string of the molecule is O=C(F)CC(=O)CC(F)F. The third kappa shape index (κ3) is 5.27. The molecule has 0 fully saturated rings. The Hall–Kier alpha value is -0.870. The van der Waals surface area contributed by atoms with Gasteiger partial charge in [0.2, 0.25) is 6.43 Å². The number of hydrogen-bond acceptors (Lipinski definition) is 2. The number of carbonyl (C=O) groups excluding carboxylic acids is 2. The molecule has 0 aliphatic heterocycles. The fourth-order valence-electron chi connectivity index (χ4n) is 0.399. The van der Waals surface area contributed by atoms with Gasteiger partial charge in [-0.2, -0.15) is 4.39 Å². The van der Waals surface area contributed by atoms with Crippen LogP contribution in [0.2, 0.25) is 0 Å². The van der Waals surface area contributed by atoms with E-state index < -0.39 is 31.1 Å². The highest BCUT2D eigenvalue weighted by atomic mass is 19.3. The van der Waals surface area contributed by atoms with E-state index >= 15 is 0 Å². The summed E-state index contributed by atoms with van der Waals surface area (Å²) in [5, 5.41) is 0. The molecule has 0 aromatic carbocycles. The van der Waals surface area contributed by atoms with Gasteiger partial charge in [-0.1, -0.05) is 0 Å². The van der Waals surface area contributed by atoms with Crippen molar-refractivity contribution in [3.05, 3.63) is 0 Å². The van der Waals surface area contributed by atoms with Crippen molar-refractivity contribution in [3.8, 4) is 0 Å². The van der Waals surface area contributed by atoms with E-state index in [1.54, 1.807) is 0 Å². The minimum Gasteiger partial charge on any atom is -0.299 e. The summed E-state index contributed by atoms with van der Waals surface area (Å²) in [5.41, 5.74) is 0. The van der Waals surface area contributed by atoms with Gasteiger partial charge in [-0.25, -0.2) is 8.78 Å². The van der Waals surface area contributed by atoms with Crippen LogP contribution in [0, 0.1) is 0 Å². The zero-order valence-electron chi connectivity index (χ0n) is 4.94. The first-order valence-corrected chi connectivity index (χ1v) is 2.50. The standard InChI is InChI=1S/C5H5F3O2/c6-4(7)1-3(9)2-5(8)10/h4H,1-2H2. The Labute approximate surface area is 55.0 Å². The predicted molar refractivity (Wildman–Crippen MR) is 26.4 cm³/mol. The predicted octanol–water partition coefficient (Wildman–Crippen LogP) is 1.10. The molecule has 0 radical (unpaired) electrons. The van der Waals surface area contributed by atoms with Gasteiger partial charge in [-0.05, 0) is 0 Å². The first-order valence-electron chi connectivity index (χ1n) is 2.50. The molecule has 0 bridgehead atoms. The van der Waals surface area contributed by atoms with E-state index in [9.17, 15) is 22.8 Å². The van der Waals surface area contributed by atoms with Crippen LogP contribution in [-0.4, -0.2) is 18.2 Å². The van der Waals surface area contributed by atoms with Crippen LogP contribution in [0.25, 0.3) is 0 Å². The zero-order chi connectivity index (χ0) is 8.15. The summed E-state index contributed by atoms with van der Waals surface area (Å²) < 4.78 is 33.9. The van der Waals surface area contributed by atoms with E-state index in [0.29, 0.717) is 0 Å². The summed E-state index contributed by atoms with van der Waals surface area (Å²) in [4.78, 5) is 19.6. The van der Waals surface area contributed by atoms with Crippen LogP contribution in [0.4, 0.5) is 13.2 Å². The molecule has 0 rings (SSSR count). The molecule has 0 saturated heterocycles. The van der Waals surface area contributed by atoms with Crippen LogP contribution < -0.4 is 0 Å². The van der Waals surface area contributed by atoms with Crippen molar-refractivity contribution >= 4 is 11.8 Å². The molecule has 0 aromatic rings. The maximum absolute atomic E-state index is 11.3. The van der Waals surface area contributed by atoms with E-state index in [0.717, 1.165) is 0 Å². The molecule has 0 aliphatic carbocycles. The van der Waals surface area contributed by atoms with Crippen LogP contribution >= 0.6 is 0 Å². The van der Waals surface area contributed by atoms with Gasteiger partial charge in [-0.15, -0.1) is 0 Å². The quantitative estimate of drug-likeness (QED) is 0.448. The largest absolute Gasteiger partial charge is 0.308 e. The van der Waals surface area contributed by atoms with Crippen molar-refractivity contribution in [2.24, 2.45) is 0 Å². The second-order valence-electron chi connectivity index (χ2n) is 1.67. The summed E-state index contributed by atoms with van der Waals surface area (Å²) in [6.07, 6.45) is -4.88. The van der Waals surface area contributed by atoms with Gasteiger partial charge in [0.05, 0.1) is 12.8 Å². The first kappa shape index (κ1) is 9.13. The third-order valence-electron chi connectivity index (χ3n) is 0.718. The Kier molecular flexibility index (Phi) is 3.68. The highest BCUT2D eigenvalue weighted by Gasteiger charge is 2.13. The molecule has 0 amide bonds. The van der Waals surface area contributed by atoms with E-state index in [-0.39, 0.29) is 0 Å². The minimum absolute atomic E-state index is 1.04. The Morgan fingerprint density at radius 1 is 1.30 bits per heavy atom. The molecule has 5 heteroatoms. The van der Waals surface area contributed by atoms with Crippen molar-refractivity contribution in [3.63, 3.8) is 0 Å². The van der Waals surface area contributed by atoms with Crippen LogP contribution in [0.3, 0.4) is 0 Å². The molecule has 10 heavy (non-hydrogen) atoms. The summed E-state index contributed by atoms with van der Waals surface area (Å²) in [5.74, 6) is -1.07. The topological polar surface area (TPSA) is 34.1 Å². The van der Waals surface area contributed by atoms with Gasteiger partial charge < -0.3 is 0 Å². The van der Waals surface area contributed by atoms with E-state index in [2.05, 4.69) is 0 Å². The van der Waals surface area contributed by atoms with Crippen LogP contribution in [0.5, 0.6) is 0 Å². The molecule has 0 spiro atoms. The lowest BCUT2D eigenvalue weighted by Crippen LogP contribution is -2.07. The molecule has 58 valence electrons. The van der Waals surface area contributed by atoms with Gasteiger partial charge in [0, 0.05) is 0 Å². The second kappa shape index (κ2) is 4.03. The van der Waals surface area contributed by atoms with Gasteiger partial charge in [0.15, 0.2) is 0 Å². The molecule has 0 saturated carbocycles. The number of halogens is 3. The number of Topliss-reactive ketones (excluding diaryl/α,β-unsaturated/α-hetero) is 1. The number of alkyl halides is 2. The Bertz CT molecular complexity index is 144. The van der Waals surface area contributed by atoms with Crippen molar-refractivity contribution in [1.29, 1.82) is 0 Å². The molecule has 0 atom stereocenters. The highest BCUT2D eigenvalue weighted by Crippen LogP contribution is 2.02. The highest BCUT2D eigenvalue weighted by molar-refractivity contribution is 5.95. The number of rotatable bonds is 4. The van der Waals surface area contributed by atoms with Crippen LogP contribution in [-0.2, 0) is 9.59 Å². The Balaban J connectivity index is 3.54. The van der Waals surface area contributed by atoms with Crippen molar-refractivity contribution in [2.45, 2.75) is 19.3 Å². The first-order chi connectivity index (χ1) is 4.52. The van der Waals surface area contributed by atoms with Crippen LogP contribution in [0.1, 0.15) is 12.8 Å². The van der Waals surface area contributed by atoms with Crippen LogP contribution in [0.15, 0.2) is 0 Å². The number of carbonyl (C=O) groups is 2. The summed E-state index contributed by atoms with van der Waals surface area (Å²) >= 11 is 0. The summed E-state index contributed by atoms with van der Waals surface area (Å²) in [7, 11) is 0. The Morgan fingerprint density at radius 3 is 2.10 bits per heavy atom. The fourth-order valence-corrected chi connectivity index (χ4v) is 0.399. The van der Waals surface area contributed by atoms with Crippen molar-refractivity contribution in [2.75, 3.05) is 0 Å². The normalized spacial score (nSPS) is 10.0. The number of ketones is 1. The molecule has 0 aliphatic rings. The maximum atomic E-state index is 11.3. The second-order valence-corrected chi connectivity index (χ2v) is 1.67. The maximum Gasteiger partial charge on any atom is 0.308 e. The van der Waals surface area contributed by atoms with E-state index in [1.165, 1.54) is 0 Å². The molecular weight excluding hydrogens is 149 g/mol. The Morgan fingerprint density at radius 2 is 1.80 bits per heavy atom. The third-order valence-corrected chi connectivity index (χ3v) is 0.718. The van der Waals surface area contributed by atoms with E-state index in [4.69, 9.17) is 0 Å². The van der Waals surface area contributed by atoms with E-state index in [1.807, 2.05) is 0 Å². The number of hydrogen-bond donors (Lipinski definition) is 0. The monoisotopic (exact) mass is 154 g/mol. The molecule has 0 N–H and O–H groups in total. The fraction of sp³-hybridized carbons (Fsp3) is 0.600. The lowest BCUT2D eigenvalue weighted by Gasteiger charge is -1.93. The zero-order valence-corrected chi connectivity index (χ0v) is 4.94. The summed E-state index contributed by atoms with van der Waals surface area (Å²) in [6, 6.07) is -1.87. The minimum atomic E-state index is -2.80.